The lowest BCUT2D eigenvalue weighted by Gasteiger charge is -2.31. The van der Waals surface area contributed by atoms with Crippen molar-refractivity contribution in [2.24, 2.45) is 0 Å². The van der Waals surface area contributed by atoms with Gasteiger partial charge in [0, 0.05) is 13.1 Å². The van der Waals surface area contributed by atoms with Crippen LogP contribution in [-0.4, -0.2) is 44.0 Å². The zero-order chi connectivity index (χ0) is 20.6. The Labute approximate surface area is 170 Å². The van der Waals surface area contributed by atoms with E-state index in [1.54, 1.807) is 6.07 Å². The molecule has 0 unspecified atom stereocenters. The van der Waals surface area contributed by atoms with Crippen molar-refractivity contribution >= 4 is 31.6 Å². The minimum Gasteiger partial charge on any atom is -0.495 e. The maximum atomic E-state index is 13.6. The summed E-state index contributed by atoms with van der Waals surface area (Å²) in [5.41, 5.74) is 0.657. The number of methoxy groups -OCH3 is 1. The summed E-state index contributed by atoms with van der Waals surface area (Å²) in [6.07, 6.45) is 0.712. The second-order valence-electron chi connectivity index (χ2n) is 6.61. The van der Waals surface area contributed by atoms with E-state index in [0.29, 0.717) is 28.3 Å². The number of piperidine rings is 1. The highest BCUT2D eigenvalue weighted by Crippen LogP contribution is 2.32. The van der Waals surface area contributed by atoms with E-state index in [1.807, 2.05) is 0 Å². The van der Waals surface area contributed by atoms with Crippen molar-refractivity contribution in [3.05, 3.63) is 48.0 Å². The summed E-state index contributed by atoms with van der Waals surface area (Å²) in [5, 5.41) is 0.429. The fourth-order valence-electron chi connectivity index (χ4n) is 3.25. The van der Waals surface area contributed by atoms with Gasteiger partial charge >= 0.3 is 0 Å². The van der Waals surface area contributed by atoms with Crippen molar-refractivity contribution in [3.63, 3.8) is 0 Å². The summed E-state index contributed by atoms with van der Waals surface area (Å²) >= 11 is 1.25. The third-order valence-corrected chi connectivity index (χ3v) is 7.57. The molecule has 1 fully saturated rings. The van der Waals surface area contributed by atoms with Crippen molar-refractivity contribution in [2.45, 2.75) is 23.8 Å². The molecule has 0 spiro atoms. The summed E-state index contributed by atoms with van der Waals surface area (Å²) in [6, 6.07) is 7.76. The monoisotopic (exact) mass is 440 g/mol. The van der Waals surface area contributed by atoms with Crippen LogP contribution in [-0.2, 0) is 10.0 Å². The Morgan fingerprint density at radius 3 is 2.52 bits per heavy atom. The van der Waals surface area contributed by atoms with Gasteiger partial charge in [-0.1, -0.05) is 11.3 Å². The molecule has 1 aliphatic heterocycles. The summed E-state index contributed by atoms with van der Waals surface area (Å²) in [4.78, 5) is 4.15. The first-order valence-corrected chi connectivity index (χ1v) is 11.2. The molecule has 29 heavy (non-hydrogen) atoms. The van der Waals surface area contributed by atoms with E-state index >= 15 is 0 Å². The molecule has 6 nitrogen and oxygen atoms in total. The highest BCUT2D eigenvalue weighted by Gasteiger charge is 2.32. The zero-order valence-electron chi connectivity index (χ0n) is 15.5. The van der Waals surface area contributed by atoms with Gasteiger partial charge in [-0.2, -0.15) is 4.31 Å². The van der Waals surface area contributed by atoms with E-state index in [1.165, 1.54) is 41.0 Å². The maximum absolute atomic E-state index is 13.6. The van der Waals surface area contributed by atoms with Gasteiger partial charge in [-0.05, 0) is 49.2 Å². The second-order valence-corrected chi connectivity index (χ2v) is 9.51. The van der Waals surface area contributed by atoms with Gasteiger partial charge in [-0.15, -0.1) is 0 Å². The first-order valence-electron chi connectivity index (χ1n) is 8.93. The van der Waals surface area contributed by atoms with E-state index in [9.17, 15) is 17.2 Å². The topological polar surface area (TPSA) is 68.7 Å². The average Bonchev–Trinajstić information content (AvgIpc) is 3.09. The smallest absolute Gasteiger partial charge is 0.274 e. The molecule has 0 N–H and O–H groups in total. The molecule has 0 amide bonds. The predicted molar refractivity (Wildman–Crippen MR) is 105 cm³/mol. The van der Waals surface area contributed by atoms with E-state index in [4.69, 9.17) is 9.47 Å². The van der Waals surface area contributed by atoms with E-state index in [-0.39, 0.29) is 35.7 Å². The van der Waals surface area contributed by atoms with E-state index in [2.05, 4.69) is 4.98 Å². The molecule has 0 atom stereocenters. The summed E-state index contributed by atoms with van der Waals surface area (Å²) in [5.74, 6) is -0.875. The van der Waals surface area contributed by atoms with Gasteiger partial charge in [0.05, 0.1) is 17.3 Å². The fourth-order valence-corrected chi connectivity index (χ4v) is 5.79. The molecule has 0 bridgehead atoms. The van der Waals surface area contributed by atoms with Crippen LogP contribution in [0.5, 0.6) is 10.9 Å². The highest BCUT2D eigenvalue weighted by atomic mass is 32.2. The zero-order valence-corrected chi connectivity index (χ0v) is 17.1. The first kappa shape index (κ1) is 20.0. The molecular formula is C19H18F2N2O4S2. The quantitative estimate of drug-likeness (QED) is 0.604. The van der Waals surface area contributed by atoms with Crippen molar-refractivity contribution in [1.29, 1.82) is 0 Å². The Morgan fingerprint density at radius 2 is 1.79 bits per heavy atom. The molecule has 1 saturated heterocycles. The van der Waals surface area contributed by atoms with Crippen LogP contribution < -0.4 is 9.47 Å². The van der Waals surface area contributed by atoms with Crippen molar-refractivity contribution in [2.75, 3.05) is 20.2 Å². The number of ether oxygens (including phenoxy) is 2. The molecular weight excluding hydrogens is 422 g/mol. The lowest BCUT2D eigenvalue weighted by Crippen LogP contribution is -2.41. The van der Waals surface area contributed by atoms with Gasteiger partial charge in [0.2, 0.25) is 10.0 Å². The number of rotatable bonds is 5. The van der Waals surface area contributed by atoms with Crippen LogP contribution in [0.15, 0.2) is 41.3 Å². The summed E-state index contributed by atoms with van der Waals surface area (Å²) in [6.45, 7) is 0.457. The van der Waals surface area contributed by atoms with Gasteiger partial charge in [0.25, 0.3) is 5.19 Å². The number of hydrogen-bond acceptors (Lipinski definition) is 6. The molecule has 2 aromatic carbocycles. The number of halogens is 2. The minimum atomic E-state index is -3.89. The third-order valence-electron chi connectivity index (χ3n) is 4.74. The number of sulfonamides is 1. The normalized spacial score (nSPS) is 16.2. The number of hydrogen-bond donors (Lipinski definition) is 0. The summed E-state index contributed by atoms with van der Waals surface area (Å²) < 4.78 is 65.8. The molecule has 3 aromatic rings. The Balaban J connectivity index is 1.45. The van der Waals surface area contributed by atoms with Gasteiger partial charge in [0.15, 0.2) is 0 Å². The highest BCUT2D eigenvalue weighted by molar-refractivity contribution is 7.89. The number of benzene rings is 2. The SMILES string of the molecule is COc1ccc(F)cc1S(=O)(=O)N1CCC(Oc2nc3ccc(F)cc3s2)CC1. The minimum absolute atomic E-state index is 0.103. The molecule has 0 saturated carbocycles. The average molecular weight is 440 g/mol. The van der Waals surface area contributed by atoms with Gasteiger partial charge in [-0.3, -0.25) is 0 Å². The van der Waals surface area contributed by atoms with Gasteiger partial charge in [-0.25, -0.2) is 22.2 Å². The van der Waals surface area contributed by atoms with Crippen molar-refractivity contribution in [3.8, 4) is 10.9 Å². The molecule has 1 aliphatic rings. The Morgan fingerprint density at radius 1 is 1.10 bits per heavy atom. The molecule has 0 radical (unpaired) electrons. The predicted octanol–water partition coefficient (Wildman–Crippen LogP) is 3.82. The first-order chi connectivity index (χ1) is 13.9. The van der Waals surface area contributed by atoms with Crippen LogP contribution in [0, 0.1) is 11.6 Å². The standard InChI is InChI=1S/C19H18F2N2O4S2/c1-26-16-5-3-13(21)11-18(16)29(24,25)23-8-6-14(7-9-23)27-19-22-15-4-2-12(20)10-17(15)28-19/h2-5,10-11,14H,6-9H2,1H3. The second kappa shape index (κ2) is 7.85. The number of fused-ring (bicyclic) bond motifs is 1. The van der Waals surface area contributed by atoms with Crippen LogP contribution in [0.4, 0.5) is 8.78 Å². The maximum Gasteiger partial charge on any atom is 0.274 e. The number of aromatic nitrogens is 1. The molecule has 2 heterocycles. The Hall–Kier alpha value is -2.30. The fraction of sp³-hybridized carbons (Fsp3) is 0.316. The van der Waals surface area contributed by atoms with E-state index in [0.717, 1.165) is 12.1 Å². The van der Waals surface area contributed by atoms with Crippen molar-refractivity contribution in [1.82, 2.24) is 9.29 Å². The molecule has 1 aromatic heterocycles. The lowest BCUT2D eigenvalue weighted by atomic mass is 10.1. The Kier molecular flexibility index (Phi) is 5.41. The molecule has 0 aliphatic carbocycles. The van der Waals surface area contributed by atoms with Gasteiger partial charge in [0.1, 0.15) is 28.4 Å². The van der Waals surface area contributed by atoms with Crippen LogP contribution in [0.25, 0.3) is 10.2 Å². The Bertz CT molecular complexity index is 1140. The van der Waals surface area contributed by atoms with Crippen molar-refractivity contribution < 1.29 is 26.7 Å². The lowest BCUT2D eigenvalue weighted by molar-refractivity contribution is 0.135. The van der Waals surface area contributed by atoms with Crippen LogP contribution in [0.3, 0.4) is 0 Å². The van der Waals surface area contributed by atoms with Crippen LogP contribution in [0.2, 0.25) is 0 Å². The number of nitrogens with zero attached hydrogens (tertiary/aromatic N) is 2. The molecule has 4 rings (SSSR count). The number of thiazole rings is 1. The van der Waals surface area contributed by atoms with Crippen LogP contribution >= 0.6 is 11.3 Å². The largest absolute Gasteiger partial charge is 0.495 e. The van der Waals surface area contributed by atoms with E-state index < -0.39 is 15.8 Å². The third kappa shape index (κ3) is 4.05. The summed E-state index contributed by atoms with van der Waals surface area (Å²) in [7, 11) is -2.55. The molecule has 154 valence electrons. The van der Waals surface area contributed by atoms with Crippen LogP contribution in [0.1, 0.15) is 12.8 Å². The molecule has 10 heteroatoms. The van der Waals surface area contributed by atoms with Gasteiger partial charge < -0.3 is 9.47 Å².